The van der Waals surface area contributed by atoms with Crippen LogP contribution in [0.5, 0.6) is 0 Å². The van der Waals surface area contributed by atoms with Gasteiger partial charge in [0.2, 0.25) is 0 Å². The molecule has 1 aliphatic rings. The van der Waals surface area contributed by atoms with Crippen LogP contribution in [0, 0.1) is 11.8 Å². The normalized spacial score (nSPS) is 28.5. The largest absolute Gasteiger partial charge is 0.393 e. The number of aliphatic hydroxyl groups excluding tert-OH is 1. The van der Waals surface area contributed by atoms with Gasteiger partial charge < -0.3 is 5.11 Å². The predicted octanol–water partition coefficient (Wildman–Crippen LogP) is 3.14. The van der Waals surface area contributed by atoms with E-state index in [9.17, 15) is 5.11 Å². The Hall–Kier alpha value is -0.300. The van der Waals surface area contributed by atoms with Crippen molar-refractivity contribution in [2.45, 2.75) is 51.6 Å². The Morgan fingerprint density at radius 1 is 1.46 bits per heavy atom. The van der Waals surface area contributed by atoms with Gasteiger partial charge in [-0.05, 0) is 37.5 Å². The summed E-state index contributed by atoms with van der Waals surface area (Å²) in [5.41, 5.74) is 0. The summed E-state index contributed by atoms with van der Waals surface area (Å²) in [6.07, 6.45) is 8.98. The van der Waals surface area contributed by atoms with Crippen molar-refractivity contribution in [3.05, 3.63) is 12.7 Å². The molecule has 0 aromatic carbocycles. The van der Waals surface area contributed by atoms with Gasteiger partial charge in [-0.2, -0.15) is 0 Å². The fourth-order valence-corrected chi connectivity index (χ4v) is 1.92. The van der Waals surface area contributed by atoms with E-state index < -0.39 is 0 Å². The van der Waals surface area contributed by atoms with Crippen LogP contribution in [0.1, 0.15) is 45.4 Å². The monoisotopic (exact) mass is 182 g/mol. The number of unbranched alkanes of at least 4 members (excludes halogenated alkanes) is 3. The molecule has 1 nitrogen and oxygen atoms in total. The molecule has 0 aromatic heterocycles. The van der Waals surface area contributed by atoms with Gasteiger partial charge in [0.15, 0.2) is 0 Å². The average Bonchev–Trinajstić information content (AvgIpc) is 2.82. The van der Waals surface area contributed by atoms with E-state index in [-0.39, 0.29) is 6.10 Å². The Balaban J connectivity index is 1.90. The van der Waals surface area contributed by atoms with Crippen molar-refractivity contribution < 1.29 is 5.11 Å². The zero-order valence-electron chi connectivity index (χ0n) is 8.71. The van der Waals surface area contributed by atoms with Gasteiger partial charge >= 0.3 is 0 Å². The molecule has 0 amide bonds. The highest BCUT2D eigenvalue weighted by Crippen LogP contribution is 2.41. The second kappa shape index (κ2) is 5.43. The van der Waals surface area contributed by atoms with Crippen LogP contribution in [0.2, 0.25) is 0 Å². The Morgan fingerprint density at radius 3 is 2.69 bits per heavy atom. The molecule has 0 saturated heterocycles. The van der Waals surface area contributed by atoms with Crippen molar-refractivity contribution in [2.24, 2.45) is 11.8 Å². The Bertz CT molecular complexity index is 153. The van der Waals surface area contributed by atoms with E-state index in [1.165, 1.54) is 25.7 Å². The van der Waals surface area contributed by atoms with Crippen molar-refractivity contribution in [2.75, 3.05) is 0 Å². The van der Waals surface area contributed by atoms with Gasteiger partial charge in [-0.25, -0.2) is 0 Å². The lowest BCUT2D eigenvalue weighted by atomic mass is 10.1. The van der Waals surface area contributed by atoms with E-state index in [1.807, 2.05) is 6.08 Å². The first-order valence-corrected chi connectivity index (χ1v) is 5.54. The molecule has 13 heavy (non-hydrogen) atoms. The minimum Gasteiger partial charge on any atom is -0.393 e. The molecule has 0 heterocycles. The fraction of sp³-hybridized carbons (Fsp3) is 0.833. The van der Waals surface area contributed by atoms with Gasteiger partial charge in [0, 0.05) is 0 Å². The highest BCUT2D eigenvalue weighted by Gasteiger charge is 2.37. The summed E-state index contributed by atoms with van der Waals surface area (Å²) in [7, 11) is 0. The molecule has 1 saturated carbocycles. The summed E-state index contributed by atoms with van der Waals surface area (Å²) in [5, 5.41) is 9.70. The van der Waals surface area contributed by atoms with Gasteiger partial charge in [0.25, 0.3) is 0 Å². The highest BCUT2D eigenvalue weighted by atomic mass is 16.3. The van der Waals surface area contributed by atoms with Gasteiger partial charge in [-0.15, -0.1) is 6.58 Å². The average molecular weight is 182 g/mol. The minimum absolute atomic E-state index is 0.0151. The summed E-state index contributed by atoms with van der Waals surface area (Å²) >= 11 is 0. The molecule has 1 rings (SSSR count). The Kier molecular flexibility index (Phi) is 4.51. The van der Waals surface area contributed by atoms with Crippen molar-refractivity contribution in [3.8, 4) is 0 Å². The van der Waals surface area contributed by atoms with E-state index in [0.29, 0.717) is 5.92 Å². The third-order valence-electron chi connectivity index (χ3n) is 3.07. The number of allylic oxidation sites excluding steroid dienone is 1. The zero-order valence-corrected chi connectivity index (χ0v) is 8.71. The van der Waals surface area contributed by atoms with Crippen molar-refractivity contribution >= 4 is 0 Å². The maximum absolute atomic E-state index is 9.70. The number of aliphatic hydroxyl groups is 1. The lowest BCUT2D eigenvalue weighted by Gasteiger charge is -2.08. The molecule has 0 bridgehead atoms. The number of rotatable bonds is 7. The molecule has 0 aromatic rings. The van der Waals surface area contributed by atoms with Gasteiger partial charge in [-0.3, -0.25) is 0 Å². The van der Waals surface area contributed by atoms with Crippen molar-refractivity contribution in [1.82, 2.24) is 0 Å². The fourth-order valence-electron chi connectivity index (χ4n) is 1.92. The first-order chi connectivity index (χ1) is 6.25. The van der Waals surface area contributed by atoms with E-state index in [1.54, 1.807) is 0 Å². The summed E-state index contributed by atoms with van der Waals surface area (Å²) in [4.78, 5) is 0. The topological polar surface area (TPSA) is 20.2 Å². The van der Waals surface area contributed by atoms with Crippen LogP contribution in [0.4, 0.5) is 0 Å². The number of hydrogen-bond donors (Lipinski definition) is 1. The first-order valence-electron chi connectivity index (χ1n) is 5.54. The van der Waals surface area contributed by atoms with Crippen LogP contribution in [0.25, 0.3) is 0 Å². The second-order valence-corrected chi connectivity index (χ2v) is 4.37. The lowest BCUT2D eigenvalue weighted by molar-refractivity contribution is 0.133. The molecule has 0 aliphatic heterocycles. The molecule has 1 fully saturated rings. The van der Waals surface area contributed by atoms with Crippen LogP contribution < -0.4 is 0 Å². The van der Waals surface area contributed by atoms with Gasteiger partial charge in [-0.1, -0.05) is 25.8 Å². The predicted molar refractivity (Wildman–Crippen MR) is 56.6 cm³/mol. The third kappa shape index (κ3) is 3.95. The molecule has 1 aliphatic carbocycles. The first kappa shape index (κ1) is 10.8. The minimum atomic E-state index is -0.0151. The van der Waals surface area contributed by atoms with Crippen LogP contribution in [0.15, 0.2) is 12.7 Å². The summed E-state index contributed by atoms with van der Waals surface area (Å²) in [6, 6.07) is 0. The van der Waals surface area contributed by atoms with Crippen LogP contribution >= 0.6 is 0 Å². The summed E-state index contributed by atoms with van der Waals surface area (Å²) in [5.74, 6) is 1.41. The Morgan fingerprint density at radius 2 is 2.15 bits per heavy atom. The molecule has 1 N–H and O–H groups in total. The summed E-state index contributed by atoms with van der Waals surface area (Å²) < 4.78 is 0. The molecule has 0 spiro atoms. The zero-order chi connectivity index (χ0) is 9.68. The highest BCUT2D eigenvalue weighted by molar-refractivity contribution is 4.87. The standard InChI is InChI=1S/C12H22O/c1-3-4-5-6-7-8-12(13)11-9-10(11)2/h3,10-13H,1,4-9H2,2H3. The van der Waals surface area contributed by atoms with Gasteiger partial charge in [0.05, 0.1) is 6.10 Å². The maximum Gasteiger partial charge on any atom is 0.0571 e. The number of hydrogen-bond acceptors (Lipinski definition) is 1. The van der Waals surface area contributed by atoms with Crippen LogP contribution in [0.3, 0.4) is 0 Å². The van der Waals surface area contributed by atoms with E-state index in [0.717, 1.165) is 18.8 Å². The van der Waals surface area contributed by atoms with Gasteiger partial charge in [0.1, 0.15) is 0 Å². The van der Waals surface area contributed by atoms with E-state index >= 15 is 0 Å². The van der Waals surface area contributed by atoms with Crippen LogP contribution in [-0.2, 0) is 0 Å². The molecular weight excluding hydrogens is 160 g/mol. The molecule has 76 valence electrons. The van der Waals surface area contributed by atoms with Crippen LogP contribution in [-0.4, -0.2) is 11.2 Å². The van der Waals surface area contributed by atoms with E-state index in [4.69, 9.17) is 0 Å². The van der Waals surface area contributed by atoms with E-state index in [2.05, 4.69) is 13.5 Å². The molecular formula is C12H22O. The lowest BCUT2D eigenvalue weighted by Crippen LogP contribution is -2.09. The quantitative estimate of drug-likeness (QED) is 0.474. The maximum atomic E-state index is 9.70. The Labute approximate surface area is 81.9 Å². The SMILES string of the molecule is C=CCCCCCC(O)C1CC1C. The molecule has 3 atom stereocenters. The van der Waals surface area contributed by atoms with Crippen molar-refractivity contribution in [1.29, 1.82) is 0 Å². The molecule has 3 unspecified atom stereocenters. The summed E-state index contributed by atoms with van der Waals surface area (Å²) in [6.45, 7) is 5.92. The van der Waals surface area contributed by atoms with Crippen molar-refractivity contribution in [3.63, 3.8) is 0 Å². The smallest absolute Gasteiger partial charge is 0.0571 e. The molecule has 1 heteroatoms. The third-order valence-corrected chi connectivity index (χ3v) is 3.07. The second-order valence-electron chi connectivity index (χ2n) is 4.37. The molecule has 0 radical (unpaired) electrons.